The van der Waals surface area contributed by atoms with Crippen molar-refractivity contribution in [3.8, 4) is 5.88 Å². The van der Waals surface area contributed by atoms with Crippen molar-refractivity contribution in [3.05, 3.63) is 154 Å². The summed E-state index contributed by atoms with van der Waals surface area (Å²) in [7, 11) is 5.65. The fourth-order valence-electron chi connectivity index (χ4n) is 6.27. The zero-order valence-corrected chi connectivity index (χ0v) is 27.2. The average molecular weight is 660 g/mol. The van der Waals surface area contributed by atoms with E-state index in [0.717, 1.165) is 37.3 Å². The number of methoxy groups -OCH3 is 1. The van der Waals surface area contributed by atoms with Gasteiger partial charge in [-0.15, -0.1) is 0 Å². The number of hydrogen-bond donors (Lipinski definition) is 1. The molecule has 2 atom stereocenters. The third-order valence-corrected chi connectivity index (χ3v) is 8.96. The number of nitrogens with zero attached hydrogens (tertiary/aromatic N) is 2. The first kappa shape index (κ1) is 30.7. The molecule has 0 aliphatic carbocycles. The minimum atomic E-state index is -1.35. The Morgan fingerprint density at radius 1 is 0.844 bits per heavy atom. The highest BCUT2D eigenvalue weighted by Gasteiger charge is 2.43. The predicted octanol–water partition coefficient (Wildman–Crippen LogP) is 8.36. The lowest BCUT2D eigenvalue weighted by Gasteiger charge is -2.39. The second kappa shape index (κ2) is 12.9. The van der Waals surface area contributed by atoms with Crippen molar-refractivity contribution in [1.82, 2.24) is 9.88 Å². The summed E-state index contributed by atoms with van der Waals surface area (Å²) in [5, 5.41) is 16.1. The molecular formula is C39H35BrN2O3. The molecule has 6 aromatic rings. The Morgan fingerprint density at radius 3 is 2.31 bits per heavy atom. The van der Waals surface area contributed by atoms with Crippen LogP contribution in [0.3, 0.4) is 0 Å². The van der Waals surface area contributed by atoms with Crippen LogP contribution in [0.25, 0.3) is 21.7 Å². The highest BCUT2D eigenvalue weighted by Crippen LogP contribution is 2.49. The molecule has 0 saturated carbocycles. The van der Waals surface area contributed by atoms with Crippen LogP contribution in [0.2, 0.25) is 0 Å². The second-order valence-electron chi connectivity index (χ2n) is 11.7. The van der Waals surface area contributed by atoms with Gasteiger partial charge in [0.05, 0.1) is 12.6 Å². The lowest BCUT2D eigenvalue weighted by atomic mass is 9.70. The smallest absolute Gasteiger partial charge is 0.217 e. The zero-order valence-electron chi connectivity index (χ0n) is 25.6. The molecule has 0 radical (unpaired) electrons. The maximum absolute atomic E-state index is 13.5. The van der Waals surface area contributed by atoms with Crippen LogP contribution in [-0.4, -0.2) is 48.5 Å². The van der Waals surface area contributed by atoms with Crippen molar-refractivity contribution < 1.29 is 14.6 Å². The molecule has 45 heavy (non-hydrogen) atoms. The summed E-state index contributed by atoms with van der Waals surface area (Å²) in [5.74, 6) is -0.180. The van der Waals surface area contributed by atoms with Gasteiger partial charge in [-0.25, -0.2) is 4.98 Å². The van der Waals surface area contributed by atoms with Gasteiger partial charge in [0.1, 0.15) is 5.60 Å². The quantitative estimate of drug-likeness (QED) is 0.150. The molecule has 6 heteroatoms. The first-order valence-electron chi connectivity index (χ1n) is 15.0. The van der Waals surface area contributed by atoms with Crippen molar-refractivity contribution in [2.45, 2.75) is 17.9 Å². The molecule has 0 saturated heterocycles. The molecule has 1 N–H and O–H groups in total. The van der Waals surface area contributed by atoms with E-state index >= 15 is 0 Å². The van der Waals surface area contributed by atoms with Gasteiger partial charge in [-0.2, -0.15) is 0 Å². The van der Waals surface area contributed by atoms with Crippen LogP contribution in [0.1, 0.15) is 45.0 Å². The largest absolute Gasteiger partial charge is 0.481 e. The Labute approximate surface area is 272 Å². The number of rotatable bonds is 10. The number of aromatic nitrogens is 1. The van der Waals surface area contributed by atoms with Gasteiger partial charge in [0.15, 0.2) is 5.78 Å². The number of halogens is 1. The first-order chi connectivity index (χ1) is 21.8. The number of fused-ring (bicyclic) bond motifs is 2. The molecule has 5 nitrogen and oxygen atoms in total. The van der Waals surface area contributed by atoms with Crippen molar-refractivity contribution in [2.24, 2.45) is 0 Å². The number of aliphatic hydroxyl groups is 1. The van der Waals surface area contributed by atoms with Crippen LogP contribution in [0.15, 0.2) is 126 Å². The molecule has 0 aliphatic rings. The van der Waals surface area contributed by atoms with Crippen molar-refractivity contribution in [3.63, 3.8) is 0 Å². The number of carbonyl (C=O) groups is 1. The molecular weight excluding hydrogens is 624 g/mol. The van der Waals surface area contributed by atoms with Gasteiger partial charge in [0, 0.05) is 39.0 Å². The number of pyridine rings is 1. The van der Waals surface area contributed by atoms with Gasteiger partial charge in [0.25, 0.3) is 0 Å². The molecule has 6 rings (SSSR count). The van der Waals surface area contributed by atoms with E-state index in [1.165, 1.54) is 0 Å². The summed E-state index contributed by atoms with van der Waals surface area (Å²) in [5.41, 5.74) is 3.05. The summed E-state index contributed by atoms with van der Waals surface area (Å²) in [6, 6.07) is 39.3. The molecule has 0 amide bonds. The Bertz CT molecular complexity index is 1990. The van der Waals surface area contributed by atoms with E-state index in [4.69, 9.17) is 9.72 Å². The highest BCUT2D eigenvalue weighted by atomic mass is 79.9. The Morgan fingerprint density at radius 2 is 1.56 bits per heavy atom. The first-order valence-corrected chi connectivity index (χ1v) is 15.8. The van der Waals surface area contributed by atoms with Gasteiger partial charge >= 0.3 is 0 Å². The minimum Gasteiger partial charge on any atom is -0.481 e. The molecule has 5 aromatic carbocycles. The summed E-state index contributed by atoms with van der Waals surface area (Å²) in [6.45, 7) is 0.650. The minimum absolute atomic E-state index is 0.0755. The third kappa shape index (κ3) is 6.14. The van der Waals surface area contributed by atoms with Gasteiger partial charge in [-0.1, -0.05) is 101 Å². The molecule has 0 aliphatic heterocycles. The second-order valence-corrected chi connectivity index (χ2v) is 12.6. The van der Waals surface area contributed by atoms with Crippen LogP contribution in [-0.2, 0) is 5.60 Å². The fourth-order valence-corrected chi connectivity index (χ4v) is 6.67. The van der Waals surface area contributed by atoms with Crippen molar-refractivity contribution in [2.75, 3.05) is 27.7 Å². The summed E-state index contributed by atoms with van der Waals surface area (Å²) < 4.78 is 6.80. The van der Waals surface area contributed by atoms with E-state index in [1.807, 2.05) is 111 Å². The van der Waals surface area contributed by atoms with Crippen molar-refractivity contribution >= 4 is 43.4 Å². The van der Waals surface area contributed by atoms with Crippen LogP contribution < -0.4 is 4.74 Å². The van der Waals surface area contributed by atoms with E-state index < -0.39 is 11.5 Å². The number of ketones is 1. The number of benzene rings is 5. The zero-order chi connectivity index (χ0) is 31.6. The normalized spacial score (nSPS) is 13.6. The number of carbonyl (C=O) groups excluding carboxylic acids is 1. The van der Waals surface area contributed by atoms with E-state index in [2.05, 4.69) is 39.0 Å². The monoisotopic (exact) mass is 658 g/mol. The summed E-state index contributed by atoms with van der Waals surface area (Å²) >= 11 is 3.48. The van der Waals surface area contributed by atoms with Gasteiger partial charge in [-0.05, 0) is 78.8 Å². The molecule has 226 valence electrons. The molecule has 2 unspecified atom stereocenters. The summed E-state index contributed by atoms with van der Waals surface area (Å²) in [4.78, 5) is 20.5. The van der Waals surface area contributed by atoms with E-state index in [0.29, 0.717) is 35.5 Å². The van der Waals surface area contributed by atoms with E-state index in [1.54, 1.807) is 13.2 Å². The Hall–Kier alpha value is -4.36. The highest BCUT2D eigenvalue weighted by molar-refractivity contribution is 9.10. The van der Waals surface area contributed by atoms with Crippen LogP contribution >= 0.6 is 15.9 Å². The van der Waals surface area contributed by atoms with Crippen LogP contribution in [0.4, 0.5) is 0 Å². The summed E-state index contributed by atoms with van der Waals surface area (Å²) in [6.07, 6.45) is 0.455. The lowest BCUT2D eigenvalue weighted by molar-refractivity contribution is 0.00520. The molecule has 0 spiro atoms. The third-order valence-electron chi connectivity index (χ3n) is 8.47. The SMILES string of the molecule is COc1nc2ccc(C(=O)c3cccc(Br)c3)cc2cc1C(c1ccccc1)C(O)(CCN(C)C)c1cccc2ccccc12. The van der Waals surface area contributed by atoms with Crippen molar-refractivity contribution in [1.29, 1.82) is 0 Å². The fraction of sp³-hybridized carbons (Fsp3) is 0.179. The van der Waals surface area contributed by atoms with Gasteiger partial charge in [-0.3, -0.25) is 4.79 Å². The van der Waals surface area contributed by atoms with Gasteiger partial charge < -0.3 is 14.7 Å². The van der Waals surface area contributed by atoms with Gasteiger partial charge in [0.2, 0.25) is 5.88 Å². The molecule has 1 aromatic heterocycles. The molecule has 0 fully saturated rings. The number of hydrogen-bond acceptors (Lipinski definition) is 5. The maximum Gasteiger partial charge on any atom is 0.217 e. The maximum atomic E-state index is 13.5. The Kier molecular flexibility index (Phi) is 8.81. The van der Waals surface area contributed by atoms with E-state index in [9.17, 15) is 9.90 Å². The van der Waals surface area contributed by atoms with Crippen LogP contribution in [0, 0.1) is 0 Å². The van der Waals surface area contributed by atoms with Crippen LogP contribution in [0.5, 0.6) is 5.88 Å². The number of ether oxygens (including phenoxy) is 1. The standard InChI is InChI=1S/C39H35BrN2O3/c1-42(2)22-21-39(44,34-18-10-14-26-11-7-8-17-32(26)34)36(27-12-5-4-6-13-27)33-25-30-23-29(19-20-35(30)41-38(33)45-3)37(43)28-15-9-16-31(40)24-28/h4-20,23-25,36,44H,21-22H2,1-3H3. The lowest BCUT2D eigenvalue weighted by Crippen LogP contribution is -2.38. The molecule has 0 bridgehead atoms. The predicted molar refractivity (Wildman–Crippen MR) is 185 cm³/mol. The molecule has 1 heterocycles. The van der Waals surface area contributed by atoms with E-state index in [-0.39, 0.29) is 5.78 Å². The average Bonchev–Trinajstić information content (AvgIpc) is 3.06. The Balaban J connectivity index is 1.60. The topological polar surface area (TPSA) is 62.7 Å².